The molecule has 0 aromatic carbocycles. The van der Waals surface area contributed by atoms with E-state index in [0.29, 0.717) is 11.1 Å². The molecule has 0 spiro atoms. The monoisotopic (exact) mass is 231 g/mol. The van der Waals surface area contributed by atoms with Crippen LogP contribution in [0.4, 0.5) is 0 Å². The first kappa shape index (κ1) is 11.8. The van der Waals surface area contributed by atoms with Gasteiger partial charge in [-0.1, -0.05) is 24.6 Å². The van der Waals surface area contributed by atoms with E-state index in [9.17, 15) is 0 Å². The quantitative estimate of drug-likeness (QED) is 0.791. The molecule has 1 rings (SSSR count). The summed E-state index contributed by atoms with van der Waals surface area (Å²) in [6.45, 7) is 2.27. The van der Waals surface area contributed by atoms with Crippen LogP contribution in [-0.4, -0.2) is 22.5 Å². The van der Waals surface area contributed by atoms with E-state index < -0.39 is 0 Å². The van der Waals surface area contributed by atoms with Crippen LogP contribution in [0.3, 0.4) is 0 Å². The Labute approximate surface area is 93.7 Å². The lowest BCUT2D eigenvalue weighted by Gasteiger charge is -2.06. The molecule has 4 heteroatoms. The van der Waals surface area contributed by atoms with Gasteiger partial charge < -0.3 is 5.11 Å². The zero-order valence-electron chi connectivity index (χ0n) is 8.11. The number of nitrogens with zero attached hydrogens (tertiary/aromatic N) is 1. The predicted molar refractivity (Wildman–Crippen MR) is 61.7 cm³/mol. The maximum absolute atomic E-state index is 8.83. The molecular formula is C10H14ClNOS. The van der Waals surface area contributed by atoms with E-state index in [2.05, 4.69) is 4.98 Å². The van der Waals surface area contributed by atoms with Gasteiger partial charge >= 0.3 is 0 Å². The number of hydrogen-bond acceptors (Lipinski definition) is 3. The van der Waals surface area contributed by atoms with Gasteiger partial charge in [-0.3, -0.25) is 0 Å². The van der Waals surface area contributed by atoms with Crippen LogP contribution in [0.1, 0.15) is 12.6 Å². The normalized spacial score (nSPS) is 12.8. The lowest BCUT2D eigenvalue weighted by Crippen LogP contribution is -2.03. The first-order valence-corrected chi connectivity index (χ1v) is 6.05. The van der Waals surface area contributed by atoms with Crippen molar-refractivity contribution in [1.82, 2.24) is 4.98 Å². The summed E-state index contributed by atoms with van der Waals surface area (Å²) >= 11 is 7.52. The van der Waals surface area contributed by atoms with E-state index in [1.807, 2.05) is 19.1 Å². The third-order valence-corrected chi connectivity index (χ3v) is 3.25. The van der Waals surface area contributed by atoms with Crippen LogP contribution in [0.15, 0.2) is 18.2 Å². The Kier molecular flexibility index (Phi) is 5.30. The molecule has 0 amide bonds. The molecule has 2 nitrogen and oxygen atoms in total. The highest BCUT2D eigenvalue weighted by Gasteiger charge is 2.01. The number of pyridine rings is 1. The van der Waals surface area contributed by atoms with Crippen LogP contribution >= 0.6 is 23.4 Å². The van der Waals surface area contributed by atoms with Gasteiger partial charge in [0, 0.05) is 12.4 Å². The number of aromatic nitrogens is 1. The van der Waals surface area contributed by atoms with E-state index in [4.69, 9.17) is 16.7 Å². The summed E-state index contributed by atoms with van der Waals surface area (Å²) in [5.74, 6) is 2.15. The summed E-state index contributed by atoms with van der Waals surface area (Å²) in [5.41, 5.74) is 0.993. The molecule has 0 fully saturated rings. The number of hydrogen-bond donors (Lipinski definition) is 1. The summed E-state index contributed by atoms with van der Waals surface area (Å²) in [7, 11) is 0. The highest BCUT2D eigenvalue weighted by Crippen LogP contribution is 2.15. The first-order chi connectivity index (χ1) is 6.72. The van der Waals surface area contributed by atoms with Crippen molar-refractivity contribution in [3.8, 4) is 0 Å². The summed E-state index contributed by atoms with van der Waals surface area (Å²) in [6, 6.07) is 5.63. The number of rotatable bonds is 5. The lowest BCUT2D eigenvalue weighted by molar-refractivity contribution is 0.250. The van der Waals surface area contributed by atoms with E-state index >= 15 is 0 Å². The van der Waals surface area contributed by atoms with Gasteiger partial charge in [0.1, 0.15) is 5.15 Å². The molecule has 0 aliphatic heterocycles. The molecular weight excluding hydrogens is 218 g/mol. The van der Waals surface area contributed by atoms with Gasteiger partial charge in [-0.2, -0.15) is 11.8 Å². The Morgan fingerprint density at radius 2 is 2.36 bits per heavy atom. The van der Waals surface area contributed by atoms with Gasteiger partial charge in [-0.05, 0) is 23.8 Å². The minimum absolute atomic E-state index is 0.246. The van der Waals surface area contributed by atoms with Gasteiger partial charge in [-0.25, -0.2) is 4.98 Å². The second-order valence-electron chi connectivity index (χ2n) is 3.25. The smallest absolute Gasteiger partial charge is 0.129 e. The van der Waals surface area contributed by atoms with E-state index in [1.54, 1.807) is 17.8 Å². The Hall–Kier alpha value is -0.250. The van der Waals surface area contributed by atoms with Gasteiger partial charge in [0.05, 0.1) is 5.69 Å². The van der Waals surface area contributed by atoms with Crippen LogP contribution in [0.2, 0.25) is 5.15 Å². The maximum Gasteiger partial charge on any atom is 0.129 e. The average Bonchev–Trinajstić information content (AvgIpc) is 2.17. The van der Waals surface area contributed by atoms with Crippen LogP contribution < -0.4 is 0 Å². The largest absolute Gasteiger partial charge is 0.396 e. The van der Waals surface area contributed by atoms with Gasteiger partial charge in [-0.15, -0.1) is 0 Å². The third-order valence-electron chi connectivity index (χ3n) is 1.74. The standard InChI is InChI=1S/C10H14ClNOS/c1-8(5-13)6-14-7-9-3-2-4-10(11)12-9/h2-4,8,13H,5-7H2,1H3. The Bertz CT molecular complexity index is 283. The molecule has 1 N–H and O–H groups in total. The van der Waals surface area contributed by atoms with Gasteiger partial charge in [0.25, 0.3) is 0 Å². The van der Waals surface area contributed by atoms with Crippen molar-refractivity contribution < 1.29 is 5.11 Å². The highest BCUT2D eigenvalue weighted by atomic mass is 35.5. The average molecular weight is 232 g/mol. The van der Waals surface area contributed by atoms with Crippen molar-refractivity contribution in [2.45, 2.75) is 12.7 Å². The van der Waals surface area contributed by atoms with Crippen LogP contribution in [0, 0.1) is 5.92 Å². The molecule has 0 bridgehead atoms. The number of halogens is 1. The molecule has 1 unspecified atom stereocenters. The number of thioether (sulfide) groups is 1. The van der Waals surface area contributed by atoms with Crippen molar-refractivity contribution >= 4 is 23.4 Å². The second-order valence-corrected chi connectivity index (χ2v) is 4.67. The fourth-order valence-corrected chi connectivity index (χ4v) is 2.12. The molecule has 0 saturated heterocycles. The van der Waals surface area contributed by atoms with E-state index in [1.165, 1.54) is 0 Å². The van der Waals surface area contributed by atoms with Crippen LogP contribution in [0.5, 0.6) is 0 Å². The fraction of sp³-hybridized carbons (Fsp3) is 0.500. The van der Waals surface area contributed by atoms with Crippen molar-refractivity contribution in [2.24, 2.45) is 5.92 Å². The van der Waals surface area contributed by atoms with Crippen molar-refractivity contribution in [3.05, 3.63) is 29.0 Å². The maximum atomic E-state index is 8.83. The summed E-state index contributed by atoms with van der Waals surface area (Å²) < 4.78 is 0. The number of aliphatic hydroxyl groups is 1. The highest BCUT2D eigenvalue weighted by molar-refractivity contribution is 7.98. The molecule has 1 aromatic rings. The van der Waals surface area contributed by atoms with Crippen molar-refractivity contribution in [2.75, 3.05) is 12.4 Å². The third kappa shape index (κ3) is 4.31. The summed E-state index contributed by atoms with van der Waals surface area (Å²) in [5, 5.41) is 9.37. The van der Waals surface area contributed by atoms with E-state index in [0.717, 1.165) is 17.2 Å². The van der Waals surface area contributed by atoms with Gasteiger partial charge in [0.15, 0.2) is 0 Å². The molecule has 0 radical (unpaired) electrons. The second kappa shape index (κ2) is 6.27. The molecule has 1 heterocycles. The van der Waals surface area contributed by atoms with Crippen molar-refractivity contribution in [1.29, 1.82) is 0 Å². The molecule has 1 aromatic heterocycles. The Balaban J connectivity index is 2.31. The van der Waals surface area contributed by atoms with Crippen molar-refractivity contribution in [3.63, 3.8) is 0 Å². The fourth-order valence-electron chi connectivity index (χ4n) is 0.948. The molecule has 78 valence electrons. The SMILES string of the molecule is CC(CO)CSCc1cccc(Cl)n1. The zero-order chi connectivity index (χ0) is 10.4. The minimum Gasteiger partial charge on any atom is -0.396 e. The predicted octanol–water partition coefficient (Wildman–Crippen LogP) is 2.60. The van der Waals surface area contributed by atoms with Crippen LogP contribution in [-0.2, 0) is 5.75 Å². The lowest BCUT2D eigenvalue weighted by atomic mass is 10.2. The molecule has 0 aliphatic rings. The minimum atomic E-state index is 0.246. The van der Waals surface area contributed by atoms with E-state index in [-0.39, 0.29) is 6.61 Å². The molecule has 0 aliphatic carbocycles. The summed E-state index contributed by atoms with van der Waals surface area (Å²) in [4.78, 5) is 4.18. The van der Waals surface area contributed by atoms with Crippen LogP contribution in [0.25, 0.3) is 0 Å². The molecule has 0 saturated carbocycles. The summed E-state index contributed by atoms with van der Waals surface area (Å²) in [6.07, 6.45) is 0. The zero-order valence-corrected chi connectivity index (χ0v) is 9.68. The Morgan fingerprint density at radius 1 is 1.57 bits per heavy atom. The molecule has 14 heavy (non-hydrogen) atoms. The first-order valence-electron chi connectivity index (χ1n) is 4.52. The molecule has 1 atom stereocenters. The topological polar surface area (TPSA) is 33.1 Å². The Morgan fingerprint density at radius 3 is 3.00 bits per heavy atom. The number of aliphatic hydroxyl groups excluding tert-OH is 1. The van der Waals surface area contributed by atoms with Gasteiger partial charge in [0.2, 0.25) is 0 Å².